The van der Waals surface area contributed by atoms with Gasteiger partial charge in [0.05, 0.1) is 12.9 Å². The van der Waals surface area contributed by atoms with Gasteiger partial charge in [-0.05, 0) is 0 Å². The Bertz CT molecular complexity index is 187. The van der Waals surface area contributed by atoms with Crippen molar-refractivity contribution in [2.24, 2.45) is 0 Å². The zero-order valence-electron chi connectivity index (χ0n) is 6.73. The van der Waals surface area contributed by atoms with E-state index in [0.717, 1.165) is 0 Å². The fourth-order valence-electron chi connectivity index (χ4n) is 0.533. The minimum Gasteiger partial charge on any atom is -0.501 e. The average Bonchev–Trinajstić information content (AvgIpc) is 1.97. The maximum atomic E-state index is 11.0. The summed E-state index contributed by atoms with van der Waals surface area (Å²) in [6.45, 7) is 1.83. The van der Waals surface area contributed by atoms with Crippen LogP contribution >= 0.6 is 34.8 Å². The van der Waals surface area contributed by atoms with Gasteiger partial charge in [0.15, 0.2) is 0 Å². The van der Waals surface area contributed by atoms with Crippen molar-refractivity contribution < 1.29 is 9.53 Å². The highest BCUT2D eigenvalue weighted by Gasteiger charge is 2.28. The normalized spacial score (nSPS) is 12.9. The number of methoxy groups -OCH3 is 1. The quantitative estimate of drug-likeness (QED) is 0.424. The maximum Gasteiger partial charge on any atom is 0.252 e. The molecule has 5 heteroatoms. The van der Waals surface area contributed by atoms with E-state index in [9.17, 15) is 4.79 Å². The fraction of sp³-hybridized carbons (Fsp3) is 0.571. The second kappa shape index (κ2) is 4.95. The number of ketones is 1. The molecular formula is C7H9Cl3O2. The molecule has 0 unspecified atom stereocenters. The van der Waals surface area contributed by atoms with Crippen LogP contribution in [0.15, 0.2) is 11.8 Å². The van der Waals surface area contributed by atoms with E-state index in [1.807, 2.05) is 6.92 Å². The fourth-order valence-corrected chi connectivity index (χ4v) is 0.697. The number of allylic oxidation sites excluding steroid dienone is 2. The highest BCUT2D eigenvalue weighted by molar-refractivity contribution is 6.77. The van der Waals surface area contributed by atoms with E-state index in [1.165, 1.54) is 13.2 Å². The first-order valence-electron chi connectivity index (χ1n) is 3.27. The van der Waals surface area contributed by atoms with Gasteiger partial charge < -0.3 is 4.74 Å². The van der Waals surface area contributed by atoms with E-state index in [-0.39, 0.29) is 0 Å². The first-order chi connectivity index (χ1) is 5.41. The summed E-state index contributed by atoms with van der Waals surface area (Å²) in [5.41, 5.74) is 0. The first-order valence-corrected chi connectivity index (χ1v) is 4.41. The number of carbonyl (C=O) groups is 1. The van der Waals surface area contributed by atoms with Crippen molar-refractivity contribution in [3.63, 3.8) is 0 Å². The molecule has 0 bridgehead atoms. The third-order valence-corrected chi connectivity index (χ3v) is 1.74. The van der Waals surface area contributed by atoms with Crippen molar-refractivity contribution in [3.8, 4) is 0 Å². The number of ether oxygens (including phenoxy) is 1. The zero-order chi connectivity index (χ0) is 9.78. The summed E-state index contributed by atoms with van der Waals surface area (Å²) in [6.07, 6.45) is 1.77. The molecule has 0 heterocycles. The lowest BCUT2D eigenvalue weighted by molar-refractivity contribution is -0.114. The molecule has 12 heavy (non-hydrogen) atoms. The predicted molar refractivity (Wildman–Crippen MR) is 50.7 cm³/mol. The van der Waals surface area contributed by atoms with Crippen LogP contribution in [0.25, 0.3) is 0 Å². The van der Waals surface area contributed by atoms with Crippen LogP contribution in [0.2, 0.25) is 0 Å². The van der Waals surface area contributed by atoms with Gasteiger partial charge in [-0.15, -0.1) is 0 Å². The summed E-state index contributed by atoms with van der Waals surface area (Å²) in [5.74, 6) is -0.0995. The Morgan fingerprint density at radius 1 is 1.50 bits per heavy atom. The Hall–Kier alpha value is 0.0800. The monoisotopic (exact) mass is 230 g/mol. The van der Waals surface area contributed by atoms with Crippen LogP contribution in [0.5, 0.6) is 0 Å². The summed E-state index contributed by atoms with van der Waals surface area (Å²) >= 11 is 16.0. The summed E-state index contributed by atoms with van der Waals surface area (Å²) in [5, 5.41) is 0. The Kier molecular flexibility index (Phi) is 4.98. The lowest BCUT2D eigenvalue weighted by Gasteiger charge is -2.07. The second-order valence-corrected chi connectivity index (χ2v) is 4.31. The van der Waals surface area contributed by atoms with E-state index < -0.39 is 9.58 Å². The number of alkyl halides is 3. The van der Waals surface area contributed by atoms with Crippen LogP contribution in [0, 0.1) is 0 Å². The molecule has 0 aliphatic heterocycles. The summed E-state index contributed by atoms with van der Waals surface area (Å²) < 4.78 is 2.94. The number of hydrogen-bond acceptors (Lipinski definition) is 2. The SMILES string of the molecule is CC/C(=C\C(=O)C(Cl)(Cl)Cl)OC. The molecule has 0 saturated carbocycles. The smallest absolute Gasteiger partial charge is 0.252 e. The lowest BCUT2D eigenvalue weighted by atomic mass is 10.3. The molecule has 0 fully saturated rings. The van der Waals surface area contributed by atoms with Gasteiger partial charge in [-0.25, -0.2) is 0 Å². The standard InChI is InChI=1S/C7H9Cl3O2/c1-3-5(12-2)4-6(11)7(8,9)10/h4H,3H2,1-2H3/b5-4+. The van der Waals surface area contributed by atoms with Crippen LogP contribution in [-0.4, -0.2) is 16.7 Å². The number of rotatable bonds is 3. The number of halogens is 3. The van der Waals surface area contributed by atoms with Crippen LogP contribution < -0.4 is 0 Å². The molecule has 70 valence electrons. The topological polar surface area (TPSA) is 26.3 Å². The predicted octanol–water partition coefficient (Wildman–Crippen LogP) is 2.87. The molecule has 0 aromatic heterocycles. The molecule has 0 aliphatic rings. The van der Waals surface area contributed by atoms with E-state index >= 15 is 0 Å². The Morgan fingerprint density at radius 3 is 2.25 bits per heavy atom. The van der Waals surface area contributed by atoms with Crippen LogP contribution in [0.4, 0.5) is 0 Å². The molecule has 0 aromatic carbocycles. The van der Waals surface area contributed by atoms with Gasteiger partial charge in [-0.2, -0.15) is 0 Å². The third-order valence-electron chi connectivity index (χ3n) is 1.18. The lowest BCUT2D eigenvalue weighted by Crippen LogP contribution is -2.16. The molecule has 0 N–H and O–H groups in total. The zero-order valence-corrected chi connectivity index (χ0v) is 9.00. The highest BCUT2D eigenvalue weighted by atomic mass is 35.6. The number of carbonyl (C=O) groups excluding carboxylic acids is 1. The number of hydrogen-bond donors (Lipinski definition) is 0. The van der Waals surface area contributed by atoms with E-state index in [0.29, 0.717) is 12.2 Å². The molecule has 0 amide bonds. The third kappa shape index (κ3) is 4.19. The van der Waals surface area contributed by atoms with Gasteiger partial charge in [-0.1, -0.05) is 41.7 Å². The highest BCUT2D eigenvalue weighted by Crippen LogP contribution is 2.28. The van der Waals surface area contributed by atoms with E-state index in [4.69, 9.17) is 39.5 Å². The van der Waals surface area contributed by atoms with E-state index in [2.05, 4.69) is 0 Å². The van der Waals surface area contributed by atoms with Gasteiger partial charge >= 0.3 is 0 Å². The van der Waals surface area contributed by atoms with Crippen molar-refractivity contribution >= 4 is 40.6 Å². The minimum absolute atomic E-state index is 0.492. The van der Waals surface area contributed by atoms with Gasteiger partial charge in [0.2, 0.25) is 5.78 Å². The molecule has 0 spiro atoms. The van der Waals surface area contributed by atoms with Crippen molar-refractivity contribution in [3.05, 3.63) is 11.8 Å². The summed E-state index contributed by atoms with van der Waals surface area (Å²) in [6, 6.07) is 0. The molecule has 0 aromatic rings. The molecule has 2 nitrogen and oxygen atoms in total. The van der Waals surface area contributed by atoms with Crippen molar-refractivity contribution in [2.75, 3.05) is 7.11 Å². The van der Waals surface area contributed by atoms with E-state index in [1.54, 1.807) is 0 Å². The Labute approximate surface area is 86.4 Å². The Morgan fingerprint density at radius 2 is 2.00 bits per heavy atom. The first kappa shape index (κ1) is 12.1. The largest absolute Gasteiger partial charge is 0.501 e. The van der Waals surface area contributed by atoms with Gasteiger partial charge in [0, 0.05) is 12.5 Å². The van der Waals surface area contributed by atoms with Gasteiger partial charge in [-0.3, -0.25) is 4.79 Å². The molecular weight excluding hydrogens is 222 g/mol. The molecule has 0 aliphatic carbocycles. The second-order valence-electron chi connectivity index (χ2n) is 2.03. The van der Waals surface area contributed by atoms with Crippen molar-refractivity contribution in [2.45, 2.75) is 17.1 Å². The molecule has 0 rings (SSSR count). The van der Waals surface area contributed by atoms with Crippen molar-refractivity contribution in [1.29, 1.82) is 0 Å². The van der Waals surface area contributed by atoms with Crippen molar-refractivity contribution in [1.82, 2.24) is 0 Å². The van der Waals surface area contributed by atoms with Crippen LogP contribution in [0.1, 0.15) is 13.3 Å². The van der Waals surface area contributed by atoms with Crippen LogP contribution in [-0.2, 0) is 9.53 Å². The maximum absolute atomic E-state index is 11.0. The van der Waals surface area contributed by atoms with Crippen LogP contribution in [0.3, 0.4) is 0 Å². The van der Waals surface area contributed by atoms with Gasteiger partial charge in [0.1, 0.15) is 0 Å². The summed E-state index contributed by atoms with van der Waals surface area (Å²) in [7, 11) is 1.46. The summed E-state index contributed by atoms with van der Waals surface area (Å²) in [4.78, 5) is 11.0. The molecule has 0 atom stereocenters. The Balaban J connectivity index is 4.42. The molecule has 0 saturated heterocycles. The minimum atomic E-state index is -1.89. The molecule has 0 radical (unpaired) electrons. The van der Waals surface area contributed by atoms with Gasteiger partial charge in [0.25, 0.3) is 3.79 Å². The average molecular weight is 232 g/mol.